The van der Waals surface area contributed by atoms with Gasteiger partial charge >= 0.3 is 0 Å². The van der Waals surface area contributed by atoms with E-state index in [-0.39, 0.29) is 10.7 Å². The molecule has 150 valence electrons. The van der Waals surface area contributed by atoms with Crippen molar-refractivity contribution in [2.24, 2.45) is 0 Å². The number of thioether (sulfide) groups is 1. The van der Waals surface area contributed by atoms with Crippen LogP contribution in [0.15, 0.2) is 28.5 Å². The van der Waals surface area contributed by atoms with Gasteiger partial charge in [-0.15, -0.1) is 23.1 Å². The average molecular weight is 416 g/mol. The number of hydrogen-bond acceptors (Lipinski definition) is 5. The highest BCUT2D eigenvalue weighted by atomic mass is 32.2. The first-order chi connectivity index (χ1) is 13.3. The van der Waals surface area contributed by atoms with Gasteiger partial charge in [0, 0.05) is 48.4 Å². The Hall–Kier alpha value is -1.37. The maximum Gasteiger partial charge on any atom is 0.236 e. The first-order valence-electron chi connectivity index (χ1n) is 10.0. The molecule has 1 fully saturated rings. The molecular formula is C22H29N3OS2. The normalized spacial score (nSPS) is 20.4. The molecule has 2 aliphatic heterocycles. The fraction of sp³-hybridized carbons (Fsp3) is 0.545. The Balaban J connectivity index is 1.30. The van der Waals surface area contributed by atoms with E-state index in [9.17, 15) is 4.79 Å². The third-order valence-electron chi connectivity index (χ3n) is 5.44. The van der Waals surface area contributed by atoms with Crippen LogP contribution in [0.4, 0.5) is 0 Å². The Morgan fingerprint density at radius 2 is 1.96 bits per heavy atom. The number of fused-ring (bicyclic) bond motifs is 1. The molecule has 1 aromatic heterocycles. The number of aryl methyl sites for hydroxylation is 1. The van der Waals surface area contributed by atoms with Crippen molar-refractivity contribution < 1.29 is 4.79 Å². The van der Waals surface area contributed by atoms with Gasteiger partial charge in [-0.2, -0.15) is 0 Å². The quantitative estimate of drug-likeness (QED) is 0.756. The summed E-state index contributed by atoms with van der Waals surface area (Å²) in [7, 11) is 0. The predicted octanol–water partition coefficient (Wildman–Crippen LogP) is 4.11. The van der Waals surface area contributed by atoms with Gasteiger partial charge in [0.1, 0.15) is 0 Å². The number of carbonyl (C=O) groups excluding carboxylic acids is 1. The highest BCUT2D eigenvalue weighted by molar-refractivity contribution is 8.01. The van der Waals surface area contributed by atoms with E-state index in [4.69, 9.17) is 4.98 Å². The number of thiazole rings is 1. The second-order valence-corrected chi connectivity index (χ2v) is 11.0. The van der Waals surface area contributed by atoms with Gasteiger partial charge in [-0.05, 0) is 25.0 Å². The number of carbonyl (C=O) groups is 1. The molecule has 1 amide bonds. The van der Waals surface area contributed by atoms with Crippen molar-refractivity contribution >= 4 is 29.0 Å². The van der Waals surface area contributed by atoms with E-state index in [2.05, 4.69) is 61.1 Å². The smallest absolute Gasteiger partial charge is 0.236 e. The SMILES string of the molecule is Cc1ccc2c(c1)S[C@H](C(=O)N1CCN(Cc3csc(C(C)(C)C)n3)CC1)C2. The number of rotatable bonds is 3. The maximum atomic E-state index is 13.0. The van der Waals surface area contributed by atoms with Crippen molar-refractivity contribution in [3.8, 4) is 0 Å². The summed E-state index contributed by atoms with van der Waals surface area (Å²) in [5.74, 6) is 0.308. The van der Waals surface area contributed by atoms with Crippen molar-refractivity contribution in [2.75, 3.05) is 26.2 Å². The van der Waals surface area contributed by atoms with Crippen LogP contribution in [0.25, 0.3) is 0 Å². The first-order valence-corrected chi connectivity index (χ1v) is 11.8. The topological polar surface area (TPSA) is 36.4 Å². The van der Waals surface area contributed by atoms with E-state index in [1.165, 1.54) is 21.0 Å². The van der Waals surface area contributed by atoms with Crippen LogP contribution >= 0.6 is 23.1 Å². The summed E-state index contributed by atoms with van der Waals surface area (Å²) in [4.78, 5) is 23.6. The van der Waals surface area contributed by atoms with Gasteiger partial charge in [0.2, 0.25) is 5.91 Å². The molecule has 6 heteroatoms. The van der Waals surface area contributed by atoms with E-state index in [0.717, 1.165) is 44.8 Å². The van der Waals surface area contributed by atoms with Crippen LogP contribution in [0.1, 0.15) is 42.6 Å². The second kappa shape index (κ2) is 7.81. The van der Waals surface area contributed by atoms with Crippen LogP contribution in [0.3, 0.4) is 0 Å². The lowest BCUT2D eigenvalue weighted by Gasteiger charge is -2.35. The predicted molar refractivity (Wildman–Crippen MR) is 117 cm³/mol. The summed E-state index contributed by atoms with van der Waals surface area (Å²) < 4.78 is 0. The Morgan fingerprint density at radius 1 is 1.21 bits per heavy atom. The summed E-state index contributed by atoms with van der Waals surface area (Å²) in [6.45, 7) is 13.1. The summed E-state index contributed by atoms with van der Waals surface area (Å²) in [5.41, 5.74) is 3.87. The van der Waals surface area contributed by atoms with Gasteiger partial charge in [0.15, 0.2) is 0 Å². The zero-order chi connectivity index (χ0) is 19.9. The summed E-state index contributed by atoms with van der Waals surface area (Å²) in [6.07, 6.45) is 0.869. The third-order valence-corrected chi connectivity index (χ3v) is 8.04. The lowest BCUT2D eigenvalue weighted by molar-refractivity contribution is -0.132. The standard InChI is InChI=1S/C22H29N3OS2/c1-15-5-6-16-12-19(28-18(16)11-15)20(26)25-9-7-24(8-10-25)13-17-14-27-21(23-17)22(2,3)4/h5-6,11,14,19H,7-10,12-13H2,1-4H3/t19-/m0/s1. The van der Waals surface area contributed by atoms with Gasteiger partial charge in [-0.1, -0.05) is 38.5 Å². The molecular weight excluding hydrogens is 386 g/mol. The molecule has 1 atom stereocenters. The number of amides is 1. The molecule has 0 saturated carbocycles. The molecule has 28 heavy (non-hydrogen) atoms. The lowest BCUT2D eigenvalue weighted by atomic mass is 9.98. The van der Waals surface area contributed by atoms with Crippen LogP contribution in [-0.2, 0) is 23.2 Å². The molecule has 4 nitrogen and oxygen atoms in total. The highest BCUT2D eigenvalue weighted by Crippen LogP contribution is 2.38. The Bertz CT molecular complexity index is 863. The Labute approximate surface area is 176 Å². The Morgan fingerprint density at radius 3 is 2.64 bits per heavy atom. The fourth-order valence-corrected chi connectivity index (χ4v) is 6.03. The molecule has 2 aromatic rings. The van der Waals surface area contributed by atoms with Gasteiger partial charge in [-0.3, -0.25) is 9.69 Å². The molecule has 0 N–H and O–H groups in total. The molecule has 1 saturated heterocycles. The van der Waals surface area contributed by atoms with E-state index in [1.54, 1.807) is 23.1 Å². The number of benzene rings is 1. The van der Waals surface area contributed by atoms with E-state index in [1.807, 2.05) is 0 Å². The minimum Gasteiger partial charge on any atom is -0.339 e. The molecule has 0 radical (unpaired) electrons. The number of nitrogens with zero attached hydrogens (tertiary/aromatic N) is 3. The summed E-state index contributed by atoms with van der Waals surface area (Å²) in [5, 5.41) is 3.44. The van der Waals surface area contributed by atoms with Crippen LogP contribution in [0, 0.1) is 6.92 Å². The molecule has 3 heterocycles. The van der Waals surface area contributed by atoms with Gasteiger partial charge < -0.3 is 4.90 Å². The van der Waals surface area contributed by atoms with Crippen LogP contribution in [0.5, 0.6) is 0 Å². The molecule has 0 bridgehead atoms. The van der Waals surface area contributed by atoms with E-state index >= 15 is 0 Å². The molecule has 1 aromatic carbocycles. The second-order valence-electron chi connectivity index (χ2n) is 8.92. The van der Waals surface area contributed by atoms with Crippen molar-refractivity contribution in [1.29, 1.82) is 0 Å². The summed E-state index contributed by atoms with van der Waals surface area (Å²) >= 11 is 3.50. The van der Waals surface area contributed by atoms with Gasteiger partial charge in [0.05, 0.1) is 16.0 Å². The molecule has 4 rings (SSSR count). The van der Waals surface area contributed by atoms with Crippen LogP contribution in [0.2, 0.25) is 0 Å². The van der Waals surface area contributed by atoms with Gasteiger partial charge in [-0.25, -0.2) is 4.98 Å². The van der Waals surface area contributed by atoms with E-state index in [0.29, 0.717) is 5.91 Å². The van der Waals surface area contributed by atoms with Crippen LogP contribution < -0.4 is 0 Å². The zero-order valence-corrected chi connectivity index (χ0v) is 18.8. The maximum absolute atomic E-state index is 13.0. The number of hydrogen-bond donors (Lipinski definition) is 0. The van der Waals surface area contributed by atoms with Crippen molar-refractivity contribution in [3.05, 3.63) is 45.4 Å². The minimum atomic E-state index is 0.0521. The molecule has 2 aliphatic rings. The van der Waals surface area contributed by atoms with Crippen molar-refractivity contribution in [2.45, 2.75) is 56.2 Å². The highest BCUT2D eigenvalue weighted by Gasteiger charge is 2.33. The number of piperazine rings is 1. The van der Waals surface area contributed by atoms with Gasteiger partial charge in [0.25, 0.3) is 0 Å². The molecule has 0 aliphatic carbocycles. The van der Waals surface area contributed by atoms with Crippen molar-refractivity contribution in [1.82, 2.24) is 14.8 Å². The fourth-order valence-electron chi connectivity index (χ4n) is 3.76. The lowest BCUT2D eigenvalue weighted by Crippen LogP contribution is -2.50. The zero-order valence-electron chi connectivity index (χ0n) is 17.2. The molecule has 0 spiro atoms. The average Bonchev–Trinajstić information content (AvgIpc) is 3.28. The monoisotopic (exact) mass is 415 g/mol. The summed E-state index contributed by atoms with van der Waals surface area (Å²) in [6, 6.07) is 6.54. The van der Waals surface area contributed by atoms with E-state index < -0.39 is 0 Å². The first kappa shape index (κ1) is 19.9. The minimum absolute atomic E-state index is 0.0521. The van der Waals surface area contributed by atoms with Crippen LogP contribution in [-0.4, -0.2) is 52.1 Å². The number of aromatic nitrogens is 1. The molecule has 0 unspecified atom stereocenters. The van der Waals surface area contributed by atoms with Crippen molar-refractivity contribution in [3.63, 3.8) is 0 Å². The largest absolute Gasteiger partial charge is 0.339 e. The third kappa shape index (κ3) is 4.29. The Kier molecular flexibility index (Phi) is 5.55.